The maximum absolute atomic E-state index is 12.6. The van der Waals surface area contributed by atoms with E-state index in [0.29, 0.717) is 24.4 Å². The van der Waals surface area contributed by atoms with Gasteiger partial charge in [-0.2, -0.15) is 13.2 Å². The van der Waals surface area contributed by atoms with Crippen LogP contribution in [0, 0.1) is 11.8 Å². The summed E-state index contributed by atoms with van der Waals surface area (Å²) >= 11 is 0. The molecule has 1 N–H and O–H groups in total. The zero-order chi connectivity index (χ0) is 20.3. The van der Waals surface area contributed by atoms with Crippen molar-refractivity contribution < 1.29 is 18.0 Å². The normalized spacial score (nSPS) is 27.2. The standard InChI is InChI=1S/C21H30F3N3O/c1-3-26(4-2)13-17-14-27-10-9-16(17)11-19(27)12-25-20(28)15-5-7-18(8-6-15)21(22,23)24/h5-8,16-17,19H,3-4,9-14H2,1-2H3,(H,25,28)/t16-,17+,19+/m0/s1. The van der Waals surface area contributed by atoms with Crippen LogP contribution in [0.25, 0.3) is 0 Å². The quantitative estimate of drug-likeness (QED) is 0.765. The van der Waals surface area contributed by atoms with Crippen molar-refractivity contribution in [2.24, 2.45) is 11.8 Å². The minimum atomic E-state index is -4.38. The molecule has 3 fully saturated rings. The Morgan fingerprint density at radius 3 is 2.43 bits per heavy atom. The van der Waals surface area contributed by atoms with E-state index in [1.165, 1.54) is 18.6 Å². The number of piperidine rings is 3. The number of halogens is 3. The third-order valence-electron chi connectivity index (χ3n) is 6.37. The van der Waals surface area contributed by atoms with Gasteiger partial charge in [-0.3, -0.25) is 9.69 Å². The van der Waals surface area contributed by atoms with E-state index in [2.05, 4.69) is 29.0 Å². The Morgan fingerprint density at radius 2 is 1.89 bits per heavy atom. The smallest absolute Gasteiger partial charge is 0.350 e. The summed E-state index contributed by atoms with van der Waals surface area (Å²) in [6.45, 7) is 10.4. The second-order valence-corrected chi connectivity index (χ2v) is 7.96. The molecule has 2 bridgehead atoms. The van der Waals surface area contributed by atoms with Gasteiger partial charge in [-0.05, 0) is 68.6 Å². The Hall–Kier alpha value is -1.60. The highest BCUT2D eigenvalue weighted by Crippen LogP contribution is 2.36. The number of nitrogens with one attached hydrogen (secondary N) is 1. The molecule has 0 spiro atoms. The molecule has 1 unspecified atom stereocenters. The Labute approximate surface area is 165 Å². The van der Waals surface area contributed by atoms with Crippen LogP contribution in [0.3, 0.4) is 0 Å². The van der Waals surface area contributed by atoms with E-state index in [9.17, 15) is 18.0 Å². The molecule has 3 saturated heterocycles. The molecule has 28 heavy (non-hydrogen) atoms. The predicted octanol–water partition coefficient (Wildman–Crippen LogP) is 3.49. The van der Waals surface area contributed by atoms with Gasteiger partial charge in [0, 0.05) is 31.2 Å². The molecule has 0 saturated carbocycles. The molecule has 1 amide bonds. The lowest BCUT2D eigenvalue weighted by Crippen LogP contribution is -2.58. The summed E-state index contributed by atoms with van der Waals surface area (Å²) in [7, 11) is 0. The first kappa shape index (κ1) is 21.1. The van der Waals surface area contributed by atoms with E-state index in [1.54, 1.807) is 0 Å². The minimum Gasteiger partial charge on any atom is -0.350 e. The van der Waals surface area contributed by atoms with Gasteiger partial charge in [-0.25, -0.2) is 0 Å². The topological polar surface area (TPSA) is 35.6 Å². The van der Waals surface area contributed by atoms with Crippen LogP contribution in [0.5, 0.6) is 0 Å². The van der Waals surface area contributed by atoms with Crippen LogP contribution in [0.1, 0.15) is 42.6 Å². The van der Waals surface area contributed by atoms with Gasteiger partial charge >= 0.3 is 6.18 Å². The van der Waals surface area contributed by atoms with E-state index in [1.807, 2.05) is 0 Å². The van der Waals surface area contributed by atoms with Crippen molar-refractivity contribution in [1.29, 1.82) is 0 Å². The van der Waals surface area contributed by atoms with Crippen molar-refractivity contribution in [1.82, 2.24) is 15.1 Å². The summed E-state index contributed by atoms with van der Waals surface area (Å²) in [5.41, 5.74) is -0.470. The summed E-state index contributed by atoms with van der Waals surface area (Å²) < 4.78 is 37.9. The Morgan fingerprint density at radius 1 is 1.21 bits per heavy atom. The van der Waals surface area contributed by atoms with Gasteiger partial charge in [0.05, 0.1) is 5.56 Å². The highest BCUT2D eigenvalue weighted by molar-refractivity contribution is 5.94. The molecular formula is C21H30F3N3O. The van der Waals surface area contributed by atoms with E-state index in [4.69, 9.17) is 0 Å². The Kier molecular flexibility index (Phi) is 6.65. The Balaban J connectivity index is 1.51. The van der Waals surface area contributed by atoms with Gasteiger partial charge in [0.2, 0.25) is 0 Å². The third-order valence-corrected chi connectivity index (χ3v) is 6.37. The second-order valence-electron chi connectivity index (χ2n) is 7.96. The predicted molar refractivity (Wildman–Crippen MR) is 103 cm³/mol. The molecule has 4 nitrogen and oxygen atoms in total. The molecule has 0 aromatic heterocycles. The first-order chi connectivity index (χ1) is 13.3. The van der Waals surface area contributed by atoms with Crippen molar-refractivity contribution in [2.75, 3.05) is 39.3 Å². The van der Waals surface area contributed by atoms with Gasteiger partial charge in [0.15, 0.2) is 0 Å². The summed E-state index contributed by atoms with van der Waals surface area (Å²) in [5.74, 6) is 1.07. The zero-order valence-electron chi connectivity index (χ0n) is 16.6. The molecule has 3 heterocycles. The van der Waals surface area contributed by atoms with Gasteiger partial charge in [-0.1, -0.05) is 13.8 Å². The average molecular weight is 397 g/mol. The van der Waals surface area contributed by atoms with Gasteiger partial charge < -0.3 is 10.2 Å². The maximum Gasteiger partial charge on any atom is 0.416 e. The molecule has 0 aliphatic carbocycles. The molecule has 1 aromatic carbocycles. The van der Waals surface area contributed by atoms with Crippen LogP contribution >= 0.6 is 0 Å². The van der Waals surface area contributed by atoms with Gasteiger partial charge in [0.25, 0.3) is 5.91 Å². The molecule has 0 radical (unpaired) electrons. The van der Waals surface area contributed by atoms with Crippen LogP contribution in [0.2, 0.25) is 0 Å². The number of hydrogen-bond acceptors (Lipinski definition) is 3. The molecule has 1 aromatic rings. The van der Waals surface area contributed by atoms with Crippen LogP contribution in [0.4, 0.5) is 13.2 Å². The number of nitrogens with zero attached hydrogens (tertiary/aromatic N) is 2. The lowest BCUT2D eigenvalue weighted by Gasteiger charge is -2.51. The van der Waals surface area contributed by atoms with E-state index >= 15 is 0 Å². The lowest BCUT2D eigenvalue weighted by atomic mass is 9.75. The highest BCUT2D eigenvalue weighted by Gasteiger charge is 2.40. The van der Waals surface area contributed by atoms with Crippen LogP contribution in [-0.4, -0.2) is 61.0 Å². The number of rotatable bonds is 7. The minimum absolute atomic E-state index is 0.267. The van der Waals surface area contributed by atoms with Crippen molar-refractivity contribution in [2.45, 2.75) is 38.9 Å². The van der Waals surface area contributed by atoms with Crippen molar-refractivity contribution in [3.63, 3.8) is 0 Å². The number of benzene rings is 1. The SMILES string of the molecule is CCN(CC)C[C@@H]1CN2CC[C@H]1C[C@@H]2CNC(=O)c1ccc(C(F)(F)F)cc1. The largest absolute Gasteiger partial charge is 0.416 e. The van der Waals surface area contributed by atoms with Gasteiger partial charge in [0.1, 0.15) is 0 Å². The number of alkyl halides is 3. The first-order valence-electron chi connectivity index (χ1n) is 10.2. The number of amides is 1. The number of hydrogen-bond donors (Lipinski definition) is 1. The van der Waals surface area contributed by atoms with Crippen LogP contribution in [-0.2, 0) is 6.18 Å². The lowest BCUT2D eigenvalue weighted by molar-refractivity contribution is -0.137. The number of carbonyl (C=O) groups excluding carboxylic acids is 1. The highest BCUT2D eigenvalue weighted by atomic mass is 19.4. The molecular weight excluding hydrogens is 367 g/mol. The summed E-state index contributed by atoms with van der Waals surface area (Å²) in [6.07, 6.45) is -2.08. The fraction of sp³-hybridized carbons (Fsp3) is 0.667. The number of fused-ring (bicyclic) bond motifs is 3. The van der Waals surface area contributed by atoms with E-state index < -0.39 is 11.7 Å². The van der Waals surface area contributed by atoms with Crippen molar-refractivity contribution in [3.05, 3.63) is 35.4 Å². The molecule has 4 rings (SSSR count). The van der Waals surface area contributed by atoms with Crippen molar-refractivity contribution in [3.8, 4) is 0 Å². The zero-order valence-corrected chi connectivity index (χ0v) is 16.6. The summed E-state index contributed by atoms with van der Waals surface area (Å²) in [6, 6.07) is 4.72. The number of carbonyl (C=O) groups is 1. The first-order valence-corrected chi connectivity index (χ1v) is 10.2. The third kappa shape index (κ3) is 4.87. The summed E-state index contributed by atoms with van der Waals surface area (Å²) in [4.78, 5) is 17.3. The molecule has 3 aliphatic heterocycles. The van der Waals surface area contributed by atoms with Crippen LogP contribution in [0.15, 0.2) is 24.3 Å². The summed E-state index contributed by atoms with van der Waals surface area (Å²) in [5, 5.41) is 2.92. The molecule has 7 heteroatoms. The maximum atomic E-state index is 12.6. The molecule has 156 valence electrons. The van der Waals surface area contributed by atoms with Crippen molar-refractivity contribution >= 4 is 5.91 Å². The van der Waals surface area contributed by atoms with Crippen LogP contribution < -0.4 is 5.32 Å². The average Bonchev–Trinajstić information content (AvgIpc) is 2.70. The molecule has 3 aliphatic rings. The van der Waals surface area contributed by atoms with Gasteiger partial charge in [-0.15, -0.1) is 0 Å². The Bertz CT molecular complexity index is 658. The van der Waals surface area contributed by atoms with E-state index in [-0.39, 0.29) is 11.5 Å². The second kappa shape index (κ2) is 8.82. The fourth-order valence-corrected chi connectivity index (χ4v) is 4.61. The fourth-order valence-electron chi connectivity index (χ4n) is 4.61. The van der Waals surface area contributed by atoms with E-state index in [0.717, 1.165) is 51.3 Å². The molecule has 4 atom stereocenters. The monoisotopic (exact) mass is 397 g/mol.